The Bertz CT molecular complexity index is 526. The molecule has 1 rings (SSSR count). The molecule has 4 heteroatoms. The maximum Gasteiger partial charge on any atom is 0.240 e. The van der Waals surface area contributed by atoms with Crippen molar-refractivity contribution >= 4 is 11.6 Å². The van der Waals surface area contributed by atoms with E-state index in [9.17, 15) is 9.90 Å². The van der Waals surface area contributed by atoms with Gasteiger partial charge in [-0.2, -0.15) is 5.10 Å². The van der Waals surface area contributed by atoms with Crippen LogP contribution in [0.25, 0.3) is 0 Å². The number of phenols is 1. The van der Waals surface area contributed by atoms with Crippen LogP contribution in [0.3, 0.4) is 0 Å². The number of aromatic hydroxyl groups is 1. The number of amides is 1. The van der Waals surface area contributed by atoms with E-state index in [1.165, 1.54) is 44.9 Å². The highest BCUT2D eigenvalue weighted by atomic mass is 16.3. The Morgan fingerprint density at radius 3 is 2.16 bits per heavy atom. The van der Waals surface area contributed by atoms with Gasteiger partial charge in [-0.3, -0.25) is 4.79 Å². The van der Waals surface area contributed by atoms with Gasteiger partial charge >= 0.3 is 0 Å². The predicted octanol–water partition coefficient (Wildman–Crippen LogP) is 5.54. The average Bonchev–Trinajstić information content (AvgIpc) is 2.62. The monoisotopic (exact) mass is 346 g/mol. The fraction of sp³-hybridized carbons (Fsp3) is 0.619. The third-order valence-corrected chi connectivity index (χ3v) is 4.37. The second kappa shape index (κ2) is 13.5. The molecule has 0 atom stereocenters. The molecule has 0 unspecified atom stereocenters. The first kappa shape index (κ1) is 21.2. The number of carbonyl (C=O) groups excluding carboxylic acids is 1. The Morgan fingerprint density at radius 1 is 0.960 bits per heavy atom. The van der Waals surface area contributed by atoms with Gasteiger partial charge in [0.2, 0.25) is 5.91 Å². The van der Waals surface area contributed by atoms with Gasteiger partial charge in [-0.25, -0.2) is 5.43 Å². The van der Waals surface area contributed by atoms with Crippen LogP contribution in [0.4, 0.5) is 0 Å². The highest BCUT2D eigenvalue weighted by Crippen LogP contribution is 2.18. The van der Waals surface area contributed by atoms with Gasteiger partial charge in [-0.15, -0.1) is 0 Å². The Balaban J connectivity index is 2.20. The molecule has 1 aromatic rings. The molecule has 0 aliphatic heterocycles. The molecule has 0 aliphatic rings. The molecule has 140 valence electrons. The first-order valence-corrected chi connectivity index (χ1v) is 9.82. The van der Waals surface area contributed by atoms with Gasteiger partial charge < -0.3 is 5.11 Å². The van der Waals surface area contributed by atoms with Gasteiger partial charge in [0.05, 0.1) is 5.71 Å². The maximum absolute atomic E-state index is 11.9. The Kier molecular flexibility index (Phi) is 11.4. The first-order chi connectivity index (χ1) is 12.2. The predicted molar refractivity (Wildman–Crippen MR) is 105 cm³/mol. The van der Waals surface area contributed by atoms with Crippen LogP contribution < -0.4 is 5.43 Å². The topological polar surface area (TPSA) is 61.7 Å². The third kappa shape index (κ3) is 9.28. The van der Waals surface area contributed by atoms with Crippen LogP contribution in [0.5, 0.6) is 5.75 Å². The molecule has 0 bridgehead atoms. The highest BCUT2D eigenvalue weighted by Gasteiger charge is 2.07. The van der Waals surface area contributed by atoms with Crippen molar-refractivity contribution in [1.82, 2.24) is 5.43 Å². The molecule has 0 aliphatic carbocycles. The van der Waals surface area contributed by atoms with Crippen LogP contribution in [0.1, 0.15) is 90.0 Å². The number of hydrogen-bond donors (Lipinski definition) is 2. The molecular formula is C21H34N2O2. The fourth-order valence-electron chi connectivity index (χ4n) is 2.83. The van der Waals surface area contributed by atoms with Crippen LogP contribution in [0.15, 0.2) is 29.4 Å². The molecule has 4 nitrogen and oxygen atoms in total. The summed E-state index contributed by atoms with van der Waals surface area (Å²) in [4.78, 5) is 11.9. The lowest BCUT2D eigenvalue weighted by molar-refractivity contribution is -0.121. The molecular weight excluding hydrogens is 312 g/mol. The zero-order valence-electron chi connectivity index (χ0n) is 15.9. The standard InChI is InChI=1S/C21H34N2O2/c1-3-5-6-7-8-9-10-11-12-17-21(25)23-22-19(4-2)18-15-13-14-16-20(18)24/h13-16,24H,3-12,17H2,1-2H3,(H,23,25)/b22-19+. The summed E-state index contributed by atoms with van der Waals surface area (Å²) in [5, 5.41) is 14.1. The minimum absolute atomic E-state index is 0.0516. The molecule has 25 heavy (non-hydrogen) atoms. The third-order valence-electron chi connectivity index (χ3n) is 4.37. The number of benzene rings is 1. The van der Waals surface area contributed by atoms with E-state index in [0.717, 1.165) is 12.8 Å². The van der Waals surface area contributed by atoms with Crippen LogP contribution in [0, 0.1) is 0 Å². The number of hydrogen-bond acceptors (Lipinski definition) is 3. The van der Waals surface area contributed by atoms with Crippen molar-refractivity contribution in [1.29, 1.82) is 0 Å². The van der Waals surface area contributed by atoms with E-state index >= 15 is 0 Å². The van der Waals surface area contributed by atoms with Gasteiger partial charge in [0.1, 0.15) is 5.75 Å². The van der Waals surface area contributed by atoms with E-state index in [2.05, 4.69) is 17.5 Å². The van der Waals surface area contributed by atoms with E-state index in [-0.39, 0.29) is 11.7 Å². The summed E-state index contributed by atoms with van der Waals surface area (Å²) in [7, 11) is 0. The Hall–Kier alpha value is -1.84. The Morgan fingerprint density at radius 2 is 1.56 bits per heavy atom. The molecule has 0 saturated heterocycles. The first-order valence-electron chi connectivity index (χ1n) is 9.82. The van der Waals surface area contributed by atoms with Crippen molar-refractivity contribution < 1.29 is 9.90 Å². The molecule has 0 fully saturated rings. The van der Waals surface area contributed by atoms with Crippen LogP contribution in [-0.2, 0) is 4.79 Å². The van der Waals surface area contributed by atoms with Crippen molar-refractivity contribution in [3.8, 4) is 5.75 Å². The number of nitrogens with one attached hydrogen (secondary N) is 1. The van der Waals surface area contributed by atoms with Crippen molar-refractivity contribution in [3.63, 3.8) is 0 Å². The largest absolute Gasteiger partial charge is 0.507 e. The minimum atomic E-state index is -0.0516. The van der Waals surface area contributed by atoms with Crippen molar-refractivity contribution in [3.05, 3.63) is 29.8 Å². The summed E-state index contributed by atoms with van der Waals surface area (Å²) in [6.45, 7) is 4.19. The van der Waals surface area contributed by atoms with Gasteiger partial charge in [-0.05, 0) is 25.0 Å². The lowest BCUT2D eigenvalue weighted by atomic mass is 10.1. The SMILES string of the molecule is CCCCCCCCCCCC(=O)N/N=C(\CC)c1ccccc1O. The number of para-hydroxylation sites is 1. The van der Waals surface area contributed by atoms with Crippen molar-refractivity contribution in [2.24, 2.45) is 5.10 Å². The summed E-state index contributed by atoms with van der Waals surface area (Å²) in [6.07, 6.45) is 12.3. The molecule has 0 radical (unpaired) electrons. The van der Waals surface area contributed by atoms with Crippen molar-refractivity contribution in [2.45, 2.75) is 84.5 Å². The lowest BCUT2D eigenvalue weighted by Gasteiger charge is -2.07. The van der Waals surface area contributed by atoms with Gasteiger partial charge in [0.25, 0.3) is 0 Å². The fourth-order valence-corrected chi connectivity index (χ4v) is 2.83. The molecule has 2 N–H and O–H groups in total. The Labute approximate surface area is 152 Å². The lowest BCUT2D eigenvalue weighted by Crippen LogP contribution is -2.19. The maximum atomic E-state index is 11.9. The summed E-state index contributed by atoms with van der Waals surface area (Å²) >= 11 is 0. The molecule has 1 aromatic carbocycles. The molecule has 0 aromatic heterocycles. The van der Waals surface area contributed by atoms with Crippen LogP contribution >= 0.6 is 0 Å². The van der Waals surface area contributed by atoms with Gasteiger partial charge in [0.15, 0.2) is 0 Å². The normalized spacial score (nSPS) is 11.5. The summed E-state index contributed by atoms with van der Waals surface area (Å²) in [6, 6.07) is 7.06. The zero-order valence-corrected chi connectivity index (χ0v) is 15.9. The molecule has 0 heterocycles. The average molecular weight is 347 g/mol. The van der Waals surface area contributed by atoms with E-state index in [0.29, 0.717) is 24.1 Å². The summed E-state index contributed by atoms with van der Waals surface area (Å²) in [5.74, 6) is 0.139. The van der Waals surface area contributed by atoms with E-state index in [1.54, 1.807) is 12.1 Å². The number of nitrogens with zero attached hydrogens (tertiary/aromatic N) is 1. The van der Waals surface area contributed by atoms with Crippen LogP contribution in [-0.4, -0.2) is 16.7 Å². The second-order valence-corrected chi connectivity index (χ2v) is 6.54. The highest BCUT2D eigenvalue weighted by molar-refractivity contribution is 6.03. The van der Waals surface area contributed by atoms with Crippen LogP contribution in [0.2, 0.25) is 0 Å². The smallest absolute Gasteiger partial charge is 0.240 e. The van der Waals surface area contributed by atoms with E-state index < -0.39 is 0 Å². The number of unbranched alkanes of at least 4 members (excludes halogenated alkanes) is 8. The molecule has 0 spiro atoms. The van der Waals surface area contributed by atoms with E-state index in [1.807, 2.05) is 19.1 Å². The number of carbonyl (C=O) groups is 1. The summed E-state index contributed by atoms with van der Waals surface area (Å²) in [5.41, 5.74) is 3.99. The molecule has 0 saturated carbocycles. The van der Waals surface area contributed by atoms with E-state index in [4.69, 9.17) is 0 Å². The minimum Gasteiger partial charge on any atom is -0.507 e. The quantitative estimate of drug-likeness (QED) is 0.280. The number of phenolic OH excluding ortho intramolecular Hbond substituents is 1. The van der Waals surface area contributed by atoms with Gasteiger partial charge in [0, 0.05) is 12.0 Å². The molecule has 1 amide bonds. The number of rotatable bonds is 13. The van der Waals surface area contributed by atoms with Gasteiger partial charge in [-0.1, -0.05) is 77.3 Å². The van der Waals surface area contributed by atoms with Crippen molar-refractivity contribution in [2.75, 3.05) is 0 Å². The number of hydrazone groups is 1. The second-order valence-electron chi connectivity index (χ2n) is 6.54. The zero-order chi connectivity index (χ0) is 18.3. The summed E-state index contributed by atoms with van der Waals surface area (Å²) < 4.78 is 0.